The Balaban J connectivity index is 0.939. The third-order valence-electron chi connectivity index (χ3n) is 10.8. The molecule has 1 atom stereocenters. The summed E-state index contributed by atoms with van der Waals surface area (Å²) in [5.74, 6) is 3.29. The quantitative estimate of drug-likeness (QED) is 0.111. The number of anilines is 1. The zero-order chi connectivity index (χ0) is 41.8. The van der Waals surface area contributed by atoms with Crippen LogP contribution in [0.2, 0.25) is 0 Å². The summed E-state index contributed by atoms with van der Waals surface area (Å²) in [6.45, 7) is 0. The molecule has 1 aliphatic rings. The summed E-state index contributed by atoms with van der Waals surface area (Å²) in [7, 11) is 0. The second kappa shape index (κ2) is 17.2. The molecular formula is C54H38IN7. The molecule has 10 rings (SSSR count). The molecule has 9 aromatic rings. The maximum atomic E-state index is 5.93. The number of nitrogens with one attached hydrogen (secondary N) is 1. The molecule has 62 heavy (non-hydrogen) atoms. The number of rotatable bonds is 9. The van der Waals surface area contributed by atoms with Gasteiger partial charge in [0.1, 0.15) is 12.0 Å². The largest absolute Gasteiger partial charge is 0.399 e. The number of nitrogens with two attached hydrogens (primary N) is 1. The van der Waals surface area contributed by atoms with Crippen LogP contribution in [0.4, 0.5) is 5.69 Å². The number of aromatic nitrogens is 3. The SMILES string of the molecule is Nc1ccc(-c2ccc(C3=NC(c4ccc(-c5ccc(-c6nc(-c7ccccc7)nc(-c7cccc(-c8cccc(I)c8)c7)n6)cc5)cc4)=NC(c4ccccc4)N3)cc2)cc1. The molecule has 2 heterocycles. The van der Waals surface area contributed by atoms with Crippen molar-refractivity contribution in [3.05, 3.63) is 227 Å². The molecule has 1 aromatic heterocycles. The number of halogens is 1. The summed E-state index contributed by atoms with van der Waals surface area (Å²) in [6, 6.07) is 70.4. The number of hydrogen-bond acceptors (Lipinski definition) is 7. The first-order valence-electron chi connectivity index (χ1n) is 20.3. The summed E-state index contributed by atoms with van der Waals surface area (Å²) in [6.07, 6.45) is -0.294. The Kier molecular flexibility index (Phi) is 10.7. The molecule has 0 saturated heterocycles. The van der Waals surface area contributed by atoms with Gasteiger partial charge in [-0.3, -0.25) is 0 Å². The average Bonchev–Trinajstić information content (AvgIpc) is 3.35. The number of nitrogens with zero attached hydrogens (tertiary/aromatic N) is 5. The van der Waals surface area contributed by atoms with Crippen LogP contribution >= 0.6 is 22.6 Å². The highest BCUT2D eigenvalue weighted by Gasteiger charge is 2.21. The van der Waals surface area contributed by atoms with Gasteiger partial charge in [0.25, 0.3) is 0 Å². The van der Waals surface area contributed by atoms with Crippen molar-refractivity contribution in [1.29, 1.82) is 0 Å². The molecule has 0 saturated carbocycles. The lowest BCUT2D eigenvalue weighted by Crippen LogP contribution is -2.33. The minimum Gasteiger partial charge on any atom is -0.399 e. The van der Waals surface area contributed by atoms with E-state index in [1.807, 2.05) is 72.8 Å². The van der Waals surface area contributed by atoms with Gasteiger partial charge in [0.2, 0.25) is 0 Å². The molecule has 3 N–H and O–H groups in total. The van der Waals surface area contributed by atoms with Gasteiger partial charge in [-0.25, -0.2) is 24.9 Å². The smallest absolute Gasteiger partial charge is 0.164 e. The highest BCUT2D eigenvalue weighted by Crippen LogP contribution is 2.31. The van der Waals surface area contributed by atoms with Crippen LogP contribution in [0, 0.1) is 3.57 Å². The van der Waals surface area contributed by atoms with Crippen LogP contribution in [0.3, 0.4) is 0 Å². The fraction of sp³-hybridized carbons (Fsp3) is 0.0185. The Morgan fingerprint density at radius 3 is 1.42 bits per heavy atom. The lowest BCUT2D eigenvalue weighted by atomic mass is 10.0. The summed E-state index contributed by atoms with van der Waals surface area (Å²) in [5.41, 5.74) is 19.0. The van der Waals surface area contributed by atoms with Gasteiger partial charge in [-0.2, -0.15) is 0 Å². The Morgan fingerprint density at radius 1 is 0.387 bits per heavy atom. The normalized spacial score (nSPS) is 13.5. The van der Waals surface area contributed by atoms with Gasteiger partial charge in [0.15, 0.2) is 23.3 Å². The molecule has 0 spiro atoms. The number of benzene rings is 8. The Labute approximate surface area is 374 Å². The zero-order valence-corrected chi connectivity index (χ0v) is 35.6. The van der Waals surface area contributed by atoms with Crippen molar-refractivity contribution in [1.82, 2.24) is 20.3 Å². The van der Waals surface area contributed by atoms with Gasteiger partial charge < -0.3 is 11.1 Å². The Morgan fingerprint density at radius 2 is 0.823 bits per heavy atom. The van der Waals surface area contributed by atoms with Crippen molar-refractivity contribution in [2.75, 3.05) is 5.73 Å². The first-order chi connectivity index (χ1) is 30.5. The minimum absolute atomic E-state index is 0.294. The van der Waals surface area contributed by atoms with E-state index in [4.69, 9.17) is 30.7 Å². The maximum absolute atomic E-state index is 5.93. The molecular weight excluding hydrogens is 874 g/mol. The Hall–Kier alpha value is -7.56. The first-order valence-corrected chi connectivity index (χ1v) is 21.4. The van der Waals surface area contributed by atoms with Gasteiger partial charge >= 0.3 is 0 Å². The van der Waals surface area contributed by atoms with E-state index in [1.54, 1.807) is 0 Å². The third-order valence-corrected chi connectivity index (χ3v) is 11.5. The molecule has 7 nitrogen and oxygen atoms in total. The van der Waals surface area contributed by atoms with Crippen LogP contribution < -0.4 is 11.1 Å². The van der Waals surface area contributed by atoms with E-state index >= 15 is 0 Å². The molecule has 0 bridgehead atoms. The van der Waals surface area contributed by atoms with E-state index in [2.05, 4.69) is 161 Å². The van der Waals surface area contributed by atoms with Crippen LogP contribution in [0.5, 0.6) is 0 Å². The van der Waals surface area contributed by atoms with Crippen LogP contribution in [-0.4, -0.2) is 26.6 Å². The molecule has 1 aliphatic heterocycles. The van der Waals surface area contributed by atoms with Crippen molar-refractivity contribution < 1.29 is 0 Å². The van der Waals surface area contributed by atoms with Crippen molar-refractivity contribution in [2.45, 2.75) is 6.17 Å². The first kappa shape index (κ1) is 38.6. The summed E-state index contributed by atoms with van der Waals surface area (Å²) in [5, 5.41) is 3.58. The van der Waals surface area contributed by atoms with E-state index in [-0.39, 0.29) is 6.17 Å². The monoisotopic (exact) mass is 911 g/mol. The van der Waals surface area contributed by atoms with Crippen LogP contribution in [-0.2, 0) is 0 Å². The molecule has 8 heteroatoms. The minimum atomic E-state index is -0.294. The number of aliphatic imine (C=N–C) groups is 2. The Bertz CT molecular complexity index is 3080. The molecule has 296 valence electrons. The van der Waals surface area contributed by atoms with Crippen molar-refractivity contribution in [3.63, 3.8) is 0 Å². The van der Waals surface area contributed by atoms with E-state index in [1.165, 1.54) is 3.57 Å². The second-order valence-corrected chi connectivity index (χ2v) is 16.2. The molecule has 1 unspecified atom stereocenters. The standard InChI is InChI=1S/C54H38IN7/c55-47-16-8-14-45(34-47)44-13-7-15-46(33-44)54-61-50(40-11-5-2-6-12-40)59-53(62-54)43-25-19-36(20-26-43)35-17-23-41(24-18-35)51-57-49(39-9-3-1-4-10-39)58-52(60-51)42-27-21-37(22-28-42)38-29-31-48(56)32-30-38/h1-34,49H,56H2,(H,57,58,60). The summed E-state index contributed by atoms with van der Waals surface area (Å²) < 4.78 is 1.18. The molecule has 8 aromatic carbocycles. The fourth-order valence-corrected chi connectivity index (χ4v) is 8.05. The lowest BCUT2D eigenvalue weighted by molar-refractivity contribution is 0.674. The van der Waals surface area contributed by atoms with E-state index < -0.39 is 0 Å². The lowest BCUT2D eigenvalue weighted by Gasteiger charge is -2.24. The topological polar surface area (TPSA) is 101 Å². The van der Waals surface area contributed by atoms with E-state index in [0.717, 1.165) is 78.3 Å². The average molecular weight is 912 g/mol. The predicted octanol–water partition coefficient (Wildman–Crippen LogP) is 12.6. The van der Waals surface area contributed by atoms with E-state index in [9.17, 15) is 0 Å². The maximum Gasteiger partial charge on any atom is 0.164 e. The molecule has 0 aliphatic carbocycles. The predicted molar refractivity (Wildman–Crippen MR) is 261 cm³/mol. The van der Waals surface area contributed by atoms with Crippen LogP contribution in [0.25, 0.3) is 67.5 Å². The van der Waals surface area contributed by atoms with Gasteiger partial charge in [0.05, 0.1) is 0 Å². The third kappa shape index (κ3) is 8.41. The van der Waals surface area contributed by atoms with E-state index in [0.29, 0.717) is 23.3 Å². The highest BCUT2D eigenvalue weighted by molar-refractivity contribution is 14.1. The van der Waals surface area contributed by atoms with Crippen LogP contribution in [0.15, 0.2) is 216 Å². The van der Waals surface area contributed by atoms with Crippen molar-refractivity contribution >= 4 is 39.9 Å². The van der Waals surface area contributed by atoms with Crippen molar-refractivity contribution in [2.24, 2.45) is 9.98 Å². The summed E-state index contributed by atoms with van der Waals surface area (Å²) >= 11 is 2.35. The highest BCUT2D eigenvalue weighted by atomic mass is 127. The van der Waals surface area contributed by atoms with Gasteiger partial charge in [-0.1, -0.05) is 176 Å². The summed E-state index contributed by atoms with van der Waals surface area (Å²) in [4.78, 5) is 25.1. The van der Waals surface area contributed by atoms with Gasteiger partial charge in [-0.05, 0) is 91.9 Å². The molecule has 0 radical (unpaired) electrons. The number of amidine groups is 2. The number of nitrogen functional groups attached to an aromatic ring is 1. The second-order valence-electron chi connectivity index (χ2n) is 15.0. The molecule has 0 amide bonds. The fourth-order valence-electron chi connectivity index (χ4n) is 7.51. The molecule has 0 fully saturated rings. The van der Waals surface area contributed by atoms with Crippen LogP contribution in [0.1, 0.15) is 22.9 Å². The zero-order valence-electron chi connectivity index (χ0n) is 33.4. The van der Waals surface area contributed by atoms with Gasteiger partial charge in [-0.15, -0.1) is 0 Å². The van der Waals surface area contributed by atoms with Crippen molar-refractivity contribution in [3.8, 4) is 67.5 Å². The number of hydrogen-bond donors (Lipinski definition) is 2. The van der Waals surface area contributed by atoms with Gasteiger partial charge in [0, 0.05) is 37.1 Å².